The highest BCUT2D eigenvalue weighted by Gasteiger charge is 2.35. The predicted octanol–water partition coefficient (Wildman–Crippen LogP) is 3.61. The van der Waals surface area contributed by atoms with Crippen molar-refractivity contribution in [3.05, 3.63) is 76.7 Å². The maximum absolute atomic E-state index is 13.9. The van der Waals surface area contributed by atoms with Gasteiger partial charge in [-0.3, -0.25) is 4.79 Å². The zero-order valence-electron chi connectivity index (χ0n) is 16.9. The van der Waals surface area contributed by atoms with Crippen LogP contribution in [0.25, 0.3) is 0 Å². The summed E-state index contributed by atoms with van der Waals surface area (Å²) in [5.41, 5.74) is 1.66. The van der Waals surface area contributed by atoms with Crippen LogP contribution in [-0.2, 0) is 9.53 Å². The van der Waals surface area contributed by atoms with Crippen molar-refractivity contribution in [2.75, 3.05) is 19.0 Å². The van der Waals surface area contributed by atoms with Crippen molar-refractivity contribution in [2.24, 2.45) is 0 Å². The van der Waals surface area contributed by atoms with Gasteiger partial charge in [-0.05, 0) is 43.7 Å². The number of benzene rings is 2. The number of hydrogen-bond acceptors (Lipinski definition) is 4. The quantitative estimate of drug-likeness (QED) is 0.736. The number of anilines is 1. The minimum atomic E-state index is -0.752. The first-order valence-electron chi connectivity index (χ1n) is 9.41. The van der Waals surface area contributed by atoms with Crippen LogP contribution < -0.4 is 10.6 Å². The minimum absolute atomic E-state index is 0.0848. The van der Waals surface area contributed by atoms with Gasteiger partial charge in [0.05, 0.1) is 23.8 Å². The van der Waals surface area contributed by atoms with Crippen molar-refractivity contribution >= 4 is 23.6 Å². The number of amides is 3. The molecular formula is C22H22FN3O4. The fourth-order valence-electron chi connectivity index (χ4n) is 3.20. The molecular weight excluding hydrogens is 389 g/mol. The molecule has 1 aliphatic rings. The summed E-state index contributed by atoms with van der Waals surface area (Å²) in [6.45, 7) is 3.56. The number of nitrogens with one attached hydrogen (secondary N) is 2. The molecule has 0 bridgehead atoms. The Morgan fingerprint density at radius 2 is 1.93 bits per heavy atom. The summed E-state index contributed by atoms with van der Waals surface area (Å²) >= 11 is 0. The Balaban J connectivity index is 1.93. The molecule has 156 valence electrons. The lowest BCUT2D eigenvalue weighted by atomic mass is 9.94. The molecule has 0 unspecified atom stereocenters. The maximum atomic E-state index is 13.9. The van der Waals surface area contributed by atoms with Gasteiger partial charge in [-0.25, -0.2) is 14.0 Å². The molecule has 8 heteroatoms. The summed E-state index contributed by atoms with van der Waals surface area (Å²) in [6.07, 6.45) is 0. The van der Waals surface area contributed by atoms with Crippen LogP contribution in [0.3, 0.4) is 0 Å². The molecule has 3 rings (SSSR count). The molecule has 2 aromatic rings. The van der Waals surface area contributed by atoms with E-state index >= 15 is 0 Å². The summed E-state index contributed by atoms with van der Waals surface area (Å²) in [7, 11) is 1.56. The van der Waals surface area contributed by atoms with E-state index in [2.05, 4.69) is 10.6 Å². The van der Waals surface area contributed by atoms with Crippen molar-refractivity contribution in [3.63, 3.8) is 0 Å². The molecule has 0 fully saturated rings. The molecule has 3 amide bonds. The molecule has 0 saturated heterocycles. The van der Waals surface area contributed by atoms with Crippen LogP contribution in [-0.4, -0.2) is 36.5 Å². The van der Waals surface area contributed by atoms with Gasteiger partial charge in [-0.1, -0.05) is 24.3 Å². The van der Waals surface area contributed by atoms with Gasteiger partial charge in [-0.2, -0.15) is 0 Å². The van der Waals surface area contributed by atoms with Crippen molar-refractivity contribution in [3.8, 4) is 0 Å². The van der Waals surface area contributed by atoms with E-state index in [1.54, 1.807) is 51.2 Å². The molecule has 0 saturated carbocycles. The van der Waals surface area contributed by atoms with Crippen LogP contribution in [0.15, 0.2) is 59.8 Å². The van der Waals surface area contributed by atoms with Gasteiger partial charge in [-0.15, -0.1) is 0 Å². The van der Waals surface area contributed by atoms with Crippen LogP contribution in [0.4, 0.5) is 14.9 Å². The van der Waals surface area contributed by atoms with Crippen LogP contribution in [0.1, 0.15) is 35.8 Å². The second kappa shape index (κ2) is 8.77. The first-order chi connectivity index (χ1) is 14.3. The van der Waals surface area contributed by atoms with Crippen LogP contribution in [0, 0.1) is 5.82 Å². The molecule has 1 heterocycles. The van der Waals surface area contributed by atoms with E-state index in [1.165, 1.54) is 23.1 Å². The van der Waals surface area contributed by atoms with Crippen molar-refractivity contribution in [1.82, 2.24) is 10.2 Å². The van der Waals surface area contributed by atoms with E-state index in [-0.39, 0.29) is 18.2 Å². The Morgan fingerprint density at radius 1 is 1.20 bits per heavy atom. The maximum Gasteiger partial charge on any atom is 0.338 e. The molecule has 0 aromatic heterocycles. The molecule has 0 aliphatic carbocycles. The van der Waals surface area contributed by atoms with Crippen LogP contribution in [0.5, 0.6) is 0 Å². The Bertz CT molecular complexity index is 1030. The highest BCUT2D eigenvalue weighted by molar-refractivity contribution is 6.04. The molecule has 1 aliphatic heterocycles. The Labute approximate surface area is 173 Å². The fourth-order valence-corrected chi connectivity index (χ4v) is 3.20. The summed E-state index contributed by atoms with van der Waals surface area (Å²) < 4.78 is 19.0. The highest BCUT2D eigenvalue weighted by Crippen LogP contribution is 2.31. The van der Waals surface area contributed by atoms with Gasteiger partial charge >= 0.3 is 12.0 Å². The fraction of sp³-hybridized carbons (Fsp3) is 0.227. The van der Waals surface area contributed by atoms with Crippen LogP contribution >= 0.6 is 0 Å². The van der Waals surface area contributed by atoms with Crippen molar-refractivity contribution in [2.45, 2.75) is 19.9 Å². The van der Waals surface area contributed by atoms with Crippen LogP contribution in [0.2, 0.25) is 0 Å². The minimum Gasteiger partial charge on any atom is -0.463 e. The number of nitrogens with zero attached hydrogens (tertiary/aromatic N) is 1. The monoisotopic (exact) mass is 411 g/mol. The van der Waals surface area contributed by atoms with E-state index in [0.29, 0.717) is 22.5 Å². The number of carbonyl (C=O) groups is 3. The number of esters is 1. The summed E-state index contributed by atoms with van der Waals surface area (Å²) in [5, 5.41) is 5.42. The van der Waals surface area contributed by atoms with Gasteiger partial charge in [0.25, 0.3) is 5.91 Å². The molecule has 2 aromatic carbocycles. The molecule has 7 nitrogen and oxygen atoms in total. The molecule has 2 N–H and O–H groups in total. The second-order valence-corrected chi connectivity index (χ2v) is 6.72. The first kappa shape index (κ1) is 21.0. The number of halogens is 1. The first-order valence-corrected chi connectivity index (χ1v) is 9.41. The number of rotatable bonds is 5. The lowest BCUT2D eigenvalue weighted by molar-refractivity contribution is -0.139. The number of carbonyl (C=O) groups excluding carboxylic acids is 3. The lowest BCUT2D eigenvalue weighted by Crippen LogP contribution is -2.46. The zero-order valence-corrected chi connectivity index (χ0v) is 16.9. The standard InChI is InChI=1S/C22H22FN3O4/c1-4-30-21(28)18-13(2)26(3)22(29)25-19(18)14-8-7-9-15(12-14)24-20(27)16-10-5-6-11-17(16)23/h5-12,19H,4H2,1-3H3,(H,24,27)(H,25,29)/t19-/m0/s1. The summed E-state index contributed by atoms with van der Waals surface area (Å²) in [4.78, 5) is 38.6. The molecule has 1 atom stereocenters. The van der Waals surface area contributed by atoms with E-state index in [9.17, 15) is 18.8 Å². The zero-order chi connectivity index (χ0) is 21.8. The number of ether oxygens (including phenoxy) is 1. The van der Waals surface area contributed by atoms with Crippen molar-refractivity contribution < 1.29 is 23.5 Å². The Kier molecular flexibility index (Phi) is 6.15. The number of urea groups is 1. The van der Waals surface area contributed by atoms with Gasteiger partial charge in [0.15, 0.2) is 0 Å². The van der Waals surface area contributed by atoms with E-state index in [1.807, 2.05) is 0 Å². The average Bonchev–Trinajstić information content (AvgIpc) is 2.72. The normalized spacial score (nSPS) is 16.2. The van der Waals surface area contributed by atoms with Gasteiger partial charge in [0.1, 0.15) is 5.82 Å². The third-order valence-electron chi connectivity index (χ3n) is 4.85. The second-order valence-electron chi connectivity index (χ2n) is 6.72. The Morgan fingerprint density at radius 3 is 2.63 bits per heavy atom. The van der Waals surface area contributed by atoms with E-state index in [0.717, 1.165) is 0 Å². The molecule has 0 radical (unpaired) electrons. The van der Waals surface area contributed by atoms with Gasteiger partial charge in [0.2, 0.25) is 0 Å². The lowest BCUT2D eigenvalue weighted by Gasteiger charge is -2.33. The number of hydrogen-bond donors (Lipinski definition) is 2. The van der Waals surface area contributed by atoms with E-state index < -0.39 is 23.7 Å². The van der Waals surface area contributed by atoms with Crippen molar-refractivity contribution in [1.29, 1.82) is 0 Å². The van der Waals surface area contributed by atoms with Gasteiger partial charge < -0.3 is 20.3 Å². The smallest absolute Gasteiger partial charge is 0.338 e. The average molecular weight is 411 g/mol. The molecule has 0 spiro atoms. The van der Waals surface area contributed by atoms with E-state index in [4.69, 9.17) is 4.74 Å². The third kappa shape index (κ3) is 4.17. The highest BCUT2D eigenvalue weighted by atomic mass is 19.1. The SMILES string of the molecule is CCOC(=O)C1=C(C)N(C)C(=O)N[C@H]1c1cccc(NC(=O)c2ccccc2F)c1. The number of allylic oxidation sites excluding steroid dienone is 1. The van der Waals surface area contributed by atoms with Gasteiger partial charge in [0, 0.05) is 18.4 Å². The third-order valence-corrected chi connectivity index (χ3v) is 4.85. The summed E-state index contributed by atoms with van der Waals surface area (Å²) in [5.74, 6) is -1.76. The molecule has 30 heavy (non-hydrogen) atoms. The topological polar surface area (TPSA) is 87.7 Å². The summed E-state index contributed by atoms with van der Waals surface area (Å²) in [6, 6.07) is 11.2. The Hall–Kier alpha value is -3.68. The largest absolute Gasteiger partial charge is 0.463 e. The predicted molar refractivity (Wildman–Crippen MR) is 109 cm³/mol.